The van der Waals surface area contributed by atoms with Crippen LogP contribution in [-0.2, 0) is 19.0 Å². The van der Waals surface area contributed by atoms with Crippen molar-refractivity contribution in [1.82, 2.24) is 4.90 Å². The number of amides is 1. The highest BCUT2D eigenvalue weighted by Crippen LogP contribution is 2.33. The highest BCUT2D eigenvalue weighted by Gasteiger charge is 2.43. The Morgan fingerprint density at radius 3 is 2.52 bits per heavy atom. The van der Waals surface area contributed by atoms with Crippen molar-refractivity contribution >= 4 is 11.9 Å². The van der Waals surface area contributed by atoms with Crippen LogP contribution in [0.5, 0.6) is 0 Å². The summed E-state index contributed by atoms with van der Waals surface area (Å²) in [6.07, 6.45) is 2.12. The van der Waals surface area contributed by atoms with E-state index in [0.717, 1.165) is 0 Å². The van der Waals surface area contributed by atoms with Gasteiger partial charge in [0, 0.05) is 25.5 Å². The lowest BCUT2D eigenvalue weighted by molar-refractivity contribution is -0.131. The Labute approximate surface area is 126 Å². The summed E-state index contributed by atoms with van der Waals surface area (Å²) in [5.41, 5.74) is 0. The van der Waals surface area contributed by atoms with Crippen molar-refractivity contribution in [2.75, 3.05) is 21.0 Å². The molecule has 0 aromatic carbocycles. The van der Waals surface area contributed by atoms with Crippen molar-refractivity contribution in [2.45, 2.75) is 44.9 Å². The van der Waals surface area contributed by atoms with Crippen LogP contribution in [0.25, 0.3) is 0 Å². The highest BCUT2D eigenvalue weighted by molar-refractivity contribution is 5.77. The number of ketones is 1. The molecule has 0 saturated carbocycles. The number of methoxy groups -OCH3 is 2. The standard InChI is InChI=1S/C15H25NO5/c1-6-12-8-14(21-9-19-4)11(3)16(15(18)20-5)13(12)7-10(2)17/h6,11-14H,1,7-9H2,2-5H3/t11-,12-,13+,14-/m0/s1. The summed E-state index contributed by atoms with van der Waals surface area (Å²) in [7, 11) is 2.89. The van der Waals surface area contributed by atoms with Gasteiger partial charge in [-0.25, -0.2) is 4.79 Å². The van der Waals surface area contributed by atoms with Crippen LogP contribution in [0.2, 0.25) is 0 Å². The largest absolute Gasteiger partial charge is 0.453 e. The van der Waals surface area contributed by atoms with Gasteiger partial charge in [-0.1, -0.05) is 6.08 Å². The lowest BCUT2D eigenvalue weighted by Gasteiger charge is -2.47. The maximum Gasteiger partial charge on any atom is 0.410 e. The first-order valence-corrected chi connectivity index (χ1v) is 7.05. The van der Waals surface area contributed by atoms with Gasteiger partial charge in [0.05, 0.1) is 19.3 Å². The van der Waals surface area contributed by atoms with Crippen LogP contribution in [0, 0.1) is 5.92 Å². The second-order valence-electron chi connectivity index (χ2n) is 5.34. The molecule has 1 heterocycles. The third-order valence-corrected chi connectivity index (χ3v) is 3.92. The first-order chi connectivity index (χ1) is 9.96. The van der Waals surface area contributed by atoms with Crippen molar-refractivity contribution in [3.63, 3.8) is 0 Å². The van der Waals surface area contributed by atoms with Crippen molar-refractivity contribution < 1.29 is 23.8 Å². The predicted octanol–water partition coefficient (Wildman–Crippen LogP) is 1.99. The molecule has 0 spiro atoms. The van der Waals surface area contributed by atoms with Crippen molar-refractivity contribution in [1.29, 1.82) is 0 Å². The van der Waals surface area contributed by atoms with E-state index in [1.54, 1.807) is 18.1 Å². The summed E-state index contributed by atoms with van der Waals surface area (Å²) >= 11 is 0. The molecule has 21 heavy (non-hydrogen) atoms. The molecular weight excluding hydrogens is 274 g/mol. The third-order valence-electron chi connectivity index (χ3n) is 3.92. The van der Waals surface area contributed by atoms with Gasteiger partial charge in [-0.05, 0) is 20.3 Å². The van der Waals surface area contributed by atoms with Gasteiger partial charge < -0.3 is 14.2 Å². The van der Waals surface area contributed by atoms with E-state index in [4.69, 9.17) is 14.2 Å². The molecule has 1 aliphatic heterocycles. The van der Waals surface area contributed by atoms with Crippen LogP contribution >= 0.6 is 0 Å². The van der Waals surface area contributed by atoms with Crippen LogP contribution < -0.4 is 0 Å². The highest BCUT2D eigenvalue weighted by atomic mass is 16.7. The van der Waals surface area contributed by atoms with E-state index in [0.29, 0.717) is 6.42 Å². The molecule has 0 bridgehead atoms. The number of piperidine rings is 1. The number of ether oxygens (including phenoxy) is 3. The lowest BCUT2D eigenvalue weighted by atomic mass is 9.82. The summed E-state index contributed by atoms with van der Waals surface area (Å²) in [4.78, 5) is 25.2. The van der Waals surface area contributed by atoms with Gasteiger partial charge in [0.2, 0.25) is 0 Å². The van der Waals surface area contributed by atoms with E-state index in [1.807, 2.05) is 6.92 Å². The molecule has 6 nitrogen and oxygen atoms in total. The van der Waals surface area contributed by atoms with Gasteiger partial charge in [-0.2, -0.15) is 0 Å². The van der Waals surface area contributed by atoms with Crippen molar-refractivity contribution in [3.05, 3.63) is 12.7 Å². The fourth-order valence-electron chi connectivity index (χ4n) is 2.88. The summed E-state index contributed by atoms with van der Waals surface area (Å²) in [5, 5.41) is 0. The number of hydrogen-bond acceptors (Lipinski definition) is 5. The van der Waals surface area contributed by atoms with Gasteiger partial charge in [0.1, 0.15) is 12.6 Å². The van der Waals surface area contributed by atoms with Gasteiger partial charge in [0.15, 0.2) is 0 Å². The zero-order valence-corrected chi connectivity index (χ0v) is 13.2. The molecule has 4 atom stereocenters. The van der Waals surface area contributed by atoms with Crippen molar-refractivity contribution in [3.8, 4) is 0 Å². The van der Waals surface area contributed by atoms with Crippen LogP contribution in [0.15, 0.2) is 12.7 Å². The summed E-state index contributed by atoms with van der Waals surface area (Å²) in [6.45, 7) is 7.40. The second kappa shape index (κ2) is 8.14. The molecule has 0 unspecified atom stereocenters. The topological polar surface area (TPSA) is 65.1 Å². The maximum atomic E-state index is 12.1. The summed E-state index contributed by atoms with van der Waals surface area (Å²) in [5.74, 6) is 0.00951. The molecular formula is C15H25NO5. The first-order valence-electron chi connectivity index (χ1n) is 7.05. The number of Topliss-reactive ketones (excluding diaryl/α,β-unsaturated/α-hetero) is 1. The van der Waals surface area contributed by atoms with Crippen LogP contribution in [0.1, 0.15) is 26.7 Å². The molecule has 1 aliphatic rings. The minimum absolute atomic E-state index is 0.0222. The minimum Gasteiger partial charge on any atom is -0.453 e. The predicted molar refractivity (Wildman–Crippen MR) is 77.8 cm³/mol. The molecule has 0 N–H and O–H groups in total. The van der Waals surface area contributed by atoms with Crippen LogP contribution in [-0.4, -0.2) is 56.0 Å². The number of carbonyl (C=O) groups excluding carboxylic acids is 2. The smallest absolute Gasteiger partial charge is 0.410 e. The van der Waals surface area contributed by atoms with E-state index >= 15 is 0 Å². The monoisotopic (exact) mass is 299 g/mol. The maximum absolute atomic E-state index is 12.1. The van der Waals surface area contributed by atoms with E-state index in [2.05, 4.69) is 6.58 Å². The van der Waals surface area contributed by atoms with Gasteiger partial charge >= 0.3 is 6.09 Å². The normalized spacial score (nSPS) is 29.0. The zero-order valence-electron chi connectivity index (χ0n) is 13.2. The Hall–Kier alpha value is -1.40. The quantitative estimate of drug-likeness (QED) is 0.554. The van der Waals surface area contributed by atoms with Crippen molar-refractivity contribution in [2.24, 2.45) is 5.92 Å². The molecule has 1 saturated heterocycles. The summed E-state index contributed by atoms with van der Waals surface area (Å²) < 4.78 is 15.5. The Kier molecular flexibility index (Phi) is 6.84. The van der Waals surface area contributed by atoms with E-state index in [-0.39, 0.29) is 43.1 Å². The molecule has 0 aromatic heterocycles. The minimum atomic E-state index is -0.452. The average molecular weight is 299 g/mol. The fraction of sp³-hybridized carbons (Fsp3) is 0.733. The number of hydrogen-bond donors (Lipinski definition) is 0. The Balaban J connectivity index is 3.02. The molecule has 0 radical (unpaired) electrons. The molecule has 1 fully saturated rings. The number of likely N-dealkylation sites (tertiary alicyclic amines) is 1. The van der Waals surface area contributed by atoms with Crippen LogP contribution in [0.3, 0.4) is 0 Å². The number of rotatable bonds is 6. The average Bonchev–Trinajstić information content (AvgIpc) is 2.45. The van der Waals surface area contributed by atoms with Gasteiger partial charge in [-0.3, -0.25) is 9.69 Å². The molecule has 1 amide bonds. The molecule has 0 aromatic rings. The van der Waals surface area contributed by atoms with Crippen LogP contribution in [0.4, 0.5) is 4.79 Å². The first kappa shape index (κ1) is 17.7. The molecule has 6 heteroatoms. The van der Waals surface area contributed by atoms with Gasteiger partial charge in [0.25, 0.3) is 0 Å². The fourth-order valence-corrected chi connectivity index (χ4v) is 2.88. The second-order valence-corrected chi connectivity index (χ2v) is 5.34. The third kappa shape index (κ3) is 4.28. The molecule has 120 valence electrons. The Morgan fingerprint density at radius 2 is 2.05 bits per heavy atom. The number of nitrogens with zero attached hydrogens (tertiary/aromatic N) is 1. The molecule has 1 rings (SSSR count). The lowest BCUT2D eigenvalue weighted by Crippen LogP contribution is -2.59. The van der Waals surface area contributed by atoms with E-state index in [1.165, 1.54) is 14.0 Å². The number of carbonyl (C=O) groups is 2. The zero-order chi connectivity index (χ0) is 16.0. The SMILES string of the molecule is C=C[C@H]1C[C@H](OCOC)[C@H](C)N(C(=O)OC)[C@@H]1CC(C)=O. The molecule has 0 aliphatic carbocycles. The van der Waals surface area contributed by atoms with E-state index < -0.39 is 6.09 Å². The van der Waals surface area contributed by atoms with E-state index in [9.17, 15) is 9.59 Å². The summed E-state index contributed by atoms with van der Waals surface area (Å²) in [6, 6.07) is -0.446. The Morgan fingerprint density at radius 1 is 1.38 bits per heavy atom. The van der Waals surface area contributed by atoms with Gasteiger partial charge in [-0.15, -0.1) is 6.58 Å². The Bertz CT molecular complexity index is 384.